The van der Waals surface area contributed by atoms with Gasteiger partial charge in [0.15, 0.2) is 0 Å². The number of hydrogen-bond donors (Lipinski definition) is 3. The molecule has 6 heteroatoms. The van der Waals surface area contributed by atoms with E-state index in [0.29, 0.717) is 13.0 Å². The molecule has 1 aliphatic heterocycles. The van der Waals surface area contributed by atoms with Gasteiger partial charge in [-0.1, -0.05) is 20.8 Å². The lowest BCUT2D eigenvalue weighted by Gasteiger charge is -2.27. The predicted molar refractivity (Wildman–Crippen MR) is 80.2 cm³/mol. The Kier molecular flexibility index (Phi) is 6.01. The fourth-order valence-electron chi connectivity index (χ4n) is 2.60. The Morgan fingerprint density at radius 1 is 1.38 bits per heavy atom. The smallest absolute Gasteiger partial charge is 0.315 e. The van der Waals surface area contributed by atoms with Crippen molar-refractivity contribution in [3.05, 3.63) is 0 Å². The molecule has 2 amide bonds. The number of carboxylic acids is 1. The molecule has 1 rings (SSSR count). The van der Waals surface area contributed by atoms with Crippen LogP contribution in [0, 0.1) is 5.41 Å². The second-order valence-electron chi connectivity index (χ2n) is 7.29. The maximum absolute atomic E-state index is 11.9. The summed E-state index contributed by atoms with van der Waals surface area (Å²) in [6.45, 7) is 9.21. The SMILES string of the molecule is CC(C)(C)CC(CC(=O)O)NC(=O)NCC1(C)CCCO1. The molecule has 0 aromatic rings. The number of hydrogen-bond acceptors (Lipinski definition) is 3. The van der Waals surface area contributed by atoms with Crippen molar-refractivity contribution in [3.63, 3.8) is 0 Å². The highest BCUT2D eigenvalue weighted by molar-refractivity contribution is 5.75. The number of carbonyl (C=O) groups is 2. The van der Waals surface area contributed by atoms with Gasteiger partial charge in [-0.15, -0.1) is 0 Å². The van der Waals surface area contributed by atoms with Gasteiger partial charge < -0.3 is 20.5 Å². The molecule has 0 saturated carbocycles. The maximum atomic E-state index is 11.9. The minimum absolute atomic E-state index is 0.0477. The van der Waals surface area contributed by atoms with Crippen LogP contribution in [-0.4, -0.2) is 41.9 Å². The van der Waals surface area contributed by atoms with E-state index < -0.39 is 5.97 Å². The minimum atomic E-state index is -0.907. The molecule has 0 bridgehead atoms. The normalized spacial score (nSPS) is 23.6. The zero-order chi connectivity index (χ0) is 16.1. The molecule has 6 nitrogen and oxygen atoms in total. The molecule has 122 valence electrons. The van der Waals surface area contributed by atoms with Gasteiger partial charge in [-0.25, -0.2) is 4.79 Å². The molecule has 1 aliphatic rings. The van der Waals surface area contributed by atoms with E-state index in [0.717, 1.165) is 19.4 Å². The van der Waals surface area contributed by atoms with Crippen molar-refractivity contribution in [1.29, 1.82) is 0 Å². The molecule has 0 aromatic heterocycles. The van der Waals surface area contributed by atoms with Gasteiger partial charge in [-0.2, -0.15) is 0 Å². The van der Waals surface area contributed by atoms with Crippen LogP contribution < -0.4 is 10.6 Å². The van der Waals surface area contributed by atoms with Crippen molar-refractivity contribution in [2.24, 2.45) is 5.41 Å². The van der Waals surface area contributed by atoms with Gasteiger partial charge in [0.25, 0.3) is 0 Å². The Hall–Kier alpha value is -1.30. The average Bonchev–Trinajstić information content (AvgIpc) is 2.71. The number of carbonyl (C=O) groups excluding carboxylic acids is 1. The molecule has 0 aromatic carbocycles. The van der Waals surface area contributed by atoms with E-state index in [1.54, 1.807) is 0 Å². The fraction of sp³-hybridized carbons (Fsp3) is 0.867. The molecule has 3 N–H and O–H groups in total. The number of amides is 2. The summed E-state index contributed by atoms with van der Waals surface area (Å²) < 4.78 is 5.60. The van der Waals surface area contributed by atoms with Crippen LogP contribution in [0.1, 0.15) is 53.4 Å². The van der Waals surface area contributed by atoms with E-state index in [9.17, 15) is 9.59 Å². The van der Waals surface area contributed by atoms with Crippen LogP contribution in [0.5, 0.6) is 0 Å². The summed E-state index contributed by atoms with van der Waals surface area (Å²) in [4.78, 5) is 22.9. The number of rotatable bonds is 6. The van der Waals surface area contributed by atoms with E-state index in [-0.39, 0.29) is 29.5 Å². The third-order valence-electron chi connectivity index (χ3n) is 3.54. The first-order chi connectivity index (χ1) is 9.60. The molecule has 2 unspecified atom stereocenters. The zero-order valence-electron chi connectivity index (χ0n) is 13.5. The first kappa shape index (κ1) is 17.8. The second-order valence-corrected chi connectivity index (χ2v) is 7.29. The van der Waals surface area contributed by atoms with E-state index in [1.165, 1.54) is 0 Å². The van der Waals surface area contributed by atoms with Crippen LogP contribution in [0.4, 0.5) is 4.79 Å². The summed E-state index contributed by atoms with van der Waals surface area (Å²) in [5.41, 5.74) is -0.350. The Bertz CT molecular complexity index is 370. The van der Waals surface area contributed by atoms with Gasteiger partial charge >= 0.3 is 12.0 Å². The van der Waals surface area contributed by atoms with Crippen LogP contribution in [-0.2, 0) is 9.53 Å². The maximum Gasteiger partial charge on any atom is 0.315 e. The summed E-state index contributed by atoms with van der Waals surface area (Å²) in [6, 6.07) is -0.706. The molecule has 1 heterocycles. The van der Waals surface area contributed by atoms with Crippen molar-refractivity contribution >= 4 is 12.0 Å². The summed E-state index contributed by atoms with van der Waals surface area (Å²) in [5.74, 6) is -0.907. The first-order valence-electron chi connectivity index (χ1n) is 7.50. The highest BCUT2D eigenvalue weighted by Gasteiger charge is 2.30. The van der Waals surface area contributed by atoms with Crippen molar-refractivity contribution in [3.8, 4) is 0 Å². The van der Waals surface area contributed by atoms with Crippen molar-refractivity contribution in [2.45, 2.75) is 65.0 Å². The van der Waals surface area contributed by atoms with Crippen LogP contribution in [0.3, 0.4) is 0 Å². The molecule has 2 atom stereocenters. The van der Waals surface area contributed by atoms with E-state index in [2.05, 4.69) is 10.6 Å². The first-order valence-corrected chi connectivity index (χ1v) is 7.50. The number of aliphatic carboxylic acids is 1. The summed E-state index contributed by atoms with van der Waals surface area (Å²) in [7, 11) is 0. The molecule has 0 aliphatic carbocycles. The molecule has 21 heavy (non-hydrogen) atoms. The van der Waals surface area contributed by atoms with Gasteiger partial charge in [0, 0.05) is 19.2 Å². The lowest BCUT2D eigenvalue weighted by atomic mass is 9.87. The van der Waals surface area contributed by atoms with Crippen molar-refractivity contribution in [1.82, 2.24) is 10.6 Å². The fourth-order valence-corrected chi connectivity index (χ4v) is 2.60. The third-order valence-corrected chi connectivity index (χ3v) is 3.54. The molecule has 1 saturated heterocycles. The molecular weight excluding hydrogens is 272 g/mol. The third kappa shape index (κ3) is 7.32. The molecule has 1 fully saturated rings. The highest BCUT2D eigenvalue weighted by atomic mass is 16.5. The summed E-state index contributed by atoms with van der Waals surface area (Å²) in [5, 5.41) is 14.5. The van der Waals surface area contributed by atoms with E-state index in [1.807, 2.05) is 27.7 Å². The minimum Gasteiger partial charge on any atom is -0.481 e. The second kappa shape index (κ2) is 7.11. The Morgan fingerprint density at radius 2 is 2.05 bits per heavy atom. The van der Waals surface area contributed by atoms with Crippen LogP contribution in [0.15, 0.2) is 0 Å². The van der Waals surface area contributed by atoms with E-state index >= 15 is 0 Å². The Morgan fingerprint density at radius 3 is 2.52 bits per heavy atom. The number of urea groups is 1. The number of ether oxygens (including phenoxy) is 1. The largest absolute Gasteiger partial charge is 0.481 e. The number of carboxylic acid groups (broad SMARTS) is 1. The predicted octanol–water partition coefficient (Wildman–Crippen LogP) is 2.13. The van der Waals surface area contributed by atoms with Gasteiger partial charge in [0.2, 0.25) is 0 Å². The van der Waals surface area contributed by atoms with Gasteiger partial charge in [0.05, 0.1) is 12.0 Å². The van der Waals surface area contributed by atoms with Gasteiger partial charge in [0.1, 0.15) is 0 Å². The summed E-state index contributed by atoms with van der Waals surface area (Å²) >= 11 is 0. The van der Waals surface area contributed by atoms with E-state index in [4.69, 9.17) is 9.84 Å². The standard InChI is InChI=1S/C15H28N2O4/c1-14(2,3)9-11(8-12(18)19)17-13(20)16-10-15(4)6-5-7-21-15/h11H,5-10H2,1-4H3,(H,18,19)(H2,16,17,20). The number of nitrogens with one attached hydrogen (secondary N) is 2. The molecule has 0 spiro atoms. The average molecular weight is 300 g/mol. The molecule has 0 radical (unpaired) electrons. The lowest BCUT2D eigenvalue weighted by Crippen LogP contribution is -2.48. The van der Waals surface area contributed by atoms with Crippen LogP contribution in [0.2, 0.25) is 0 Å². The highest BCUT2D eigenvalue weighted by Crippen LogP contribution is 2.24. The van der Waals surface area contributed by atoms with Crippen LogP contribution >= 0.6 is 0 Å². The Labute approximate surface area is 126 Å². The topological polar surface area (TPSA) is 87.7 Å². The van der Waals surface area contributed by atoms with Crippen molar-refractivity contribution in [2.75, 3.05) is 13.2 Å². The zero-order valence-corrected chi connectivity index (χ0v) is 13.5. The lowest BCUT2D eigenvalue weighted by molar-refractivity contribution is -0.137. The van der Waals surface area contributed by atoms with Crippen LogP contribution in [0.25, 0.3) is 0 Å². The monoisotopic (exact) mass is 300 g/mol. The van der Waals surface area contributed by atoms with Crippen molar-refractivity contribution < 1.29 is 19.4 Å². The summed E-state index contributed by atoms with van der Waals surface area (Å²) in [6.07, 6.45) is 2.47. The Balaban J connectivity index is 2.45. The van der Waals surface area contributed by atoms with Gasteiger partial charge in [-0.05, 0) is 31.6 Å². The quantitative estimate of drug-likeness (QED) is 0.701. The van der Waals surface area contributed by atoms with Gasteiger partial charge in [-0.3, -0.25) is 4.79 Å². The molecular formula is C15H28N2O4.